The predicted molar refractivity (Wildman–Crippen MR) is 80.1 cm³/mol. The smallest absolute Gasteiger partial charge is 0.178 e. The molecule has 1 fully saturated rings. The van der Waals surface area contributed by atoms with Crippen LogP contribution in [0, 0.1) is 0 Å². The van der Waals surface area contributed by atoms with Crippen LogP contribution in [-0.2, 0) is 9.84 Å². The number of hydrogen-bond acceptors (Lipinski definition) is 5. The summed E-state index contributed by atoms with van der Waals surface area (Å²) >= 11 is 0. The van der Waals surface area contributed by atoms with Crippen molar-refractivity contribution < 1.29 is 8.42 Å². The topological polar surface area (TPSA) is 79.0 Å². The van der Waals surface area contributed by atoms with Gasteiger partial charge in [0.25, 0.3) is 0 Å². The molecule has 6 nitrogen and oxygen atoms in total. The molecule has 21 heavy (non-hydrogen) atoms. The van der Waals surface area contributed by atoms with Gasteiger partial charge in [-0.15, -0.1) is 0 Å². The zero-order valence-electron chi connectivity index (χ0n) is 11.9. The maximum atomic E-state index is 11.8. The number of pyridine rings is 1. The van der Waals surface area contributed by atoms with Crippen molar-refractivity contribution >= 4 is 15.7 Å². The van der Waals surface area contributed by atoms with E-state index in [2.05, 4.69) is 20.1 Å². The third kappa shape index (κ3) is 2.92. The van der Waals surface area contributed by atoms with Crippen molar-refractivity contribution in [2.75, 3.05) is 24.2 Å². The molecule has 1 aliphatic heterocycles. The maximum Gasteiger partial charge on any atom is 0.178 e. The minimum absolute atomic E-state index is 0.132. The van der Waals surface area contributed by atoms with E-state index in [9.17, 15) is 8.42 Å². The van der Waals surface area contributed by atoms with Crippen LogP contribution in [-0.4, -0.2) is 42.9 Å². The van der Waals surface area contributed by atoms with Gasteiger partial charge in [-0.05, 0) is 25.0 Å². The van der Waals surface area contributed by atoms with Crippen LogP contribution in [0.3, 0.4) is 0 Å². The fourth-order valence-corrected chi connectivity index (χ4v) is 3.69. The molecule has 1 unspecified atom stereocenters. The van der Waals surface area contributed by atoms with Gasteiger partial charge in [0, 0.05) is 31.5 Å². The molecular formula is C14H18N4O2S. The van der Waals surface area contributed by atoms with Crippen molar-refractivity contribution in [1.29, 1.82) is 0 Å². The lowest BCUT2D eigenvalue weighted by Gasteiger charge is -2.33. The molecule has 0 saturated carbocycles. The van der Waals surface area contributed by atoms with Crippen molar-refractivity contribution in [1.82, 2.24) is 15.2 Å². The summed E-state index contributed by atoms with van der Waals surface area (Å²) in [5.74, 6) is 1.07. The molecule has 0 amide bonds. The minimum atomic E-state index is -3.25. The number of hydrogen-bond donors (Lipinski definition) is 1. The highest BCUT2D eigenvalue weighted by Gasteiger charge is 2.28. The Morgan fingerprint density at radius 3 is 2.95 bits per heavy atom. The van der Waals surface area contributed by atoms with E-state index in [1.165, 1.54) is 12.5 Å². The first-order valence-corrected chi connectivity index (χ1v) is 8.84. The summed E-state index contributed by atoms with van der Waals surface area (Å²) in [5, 5.41) is 6.80. The van der Waals surface area contributed by atoms with E-state index < -0.39 is 9.84 Å². The fourth-order valence-electron chi connectivity index (χ4n) is 2.83. The highest BCUT2D eigenvalue weighted by molar-refractivity contribution is 7.90. The summed E-state index contributed by atoms with van der Waals surface area (Å²) in [6.07, 6.45) is 6.36. The van der Waals surface area contributed by atoms with Crippen molar-refractivity contribution in [3.05, 3.63) is 36.3 Å². The second-order valence-electron chi connectivity index (χ2n) is 5.39. The third-order valence-electron chi connectivity index (χ3n) is 3.83. The molecule has 1 atom stereocenters. The zero-order valence-corrected chi connectivity index (χ0v) is 12.7. The number of anilines is 1. The van der Waals surface area contributed by atoms with Crippen LogP contribution in [0.5, 0.6) is 0 Å². The average molecular weight is 306 g/mol. The lowest BCUT2D eigenvalue weighted by Crippen LogP contribution is -2.35. The van der Waals surface area contributed by atoms with E-state index in [4.69, 9.17) is 0 Å². The molecule has 3 heterocycles. The van der Waals surface area contributed by atoms with E-state index in [-0.39, 0.29) is 5.92 Å². The summed E-state index contributed by atoms with van der Waals surface area (Å²) in [5.41, 5.74) is 0.720. The zero-order chi connectivity index (χ0) is 14.9. The number of rotatable bonds is 3. The molecule has 1 N–H and O–H groups in total. The highest BCUT2D eigenvalue weighted by Crippen LogP contribution is 2.31. The van der Waals surface area contributed by atoms with Gasteiger partial charge in [-0.3, -0.25) is 5.10 Å². The quantitative estimate of drug-likeness (QED) is 0.931. The van der Waals surface area contributed by atoms with Gasteiger partial charge < -0.3 is 4.90 Å². The van der Waals surface area contributed by atoms with Gasteiger partial charge >= 0.3 is 0 Å². The minimum Gasteiger partial charge on any atom is -0.356 e. The van der Waals surface area contributed by atoms with Crippen LogP contribution in [0.15, 0.2) is 35.5 Å². The highest BCUT2D eigenvalue weighted by atomic mass is 32.2. The molecule has 112 valence electrons. The van der Waals surface area contributed by atoms with Crippen LogP contribution < -0.4 is 4.90 Å². The Labute approximate surface area is 124 Å². The molecule has 0 radical (unpaired) electrons. The molecule has 0 bridgehead atoms. The van der Waals surface area contributed by atoms with Crippen molar-refractivity contribution in [3.8, 4) is 0 Å². The number of aromatic amines is 1. The van der Waals surface area contributed by atoms with Crippen LogP contribution in [0.4, 0.5) is 5.82 Å². The van der Waals surface area contributed by atoms with E-state index in [0.29, 0.717) is 4.90 Å². The summed E-state index contributed by atoms with van der Waals surface area (Å²) in [7, 11) is -3.25. The van der Waals surface area contributed by atoms with E-state index in [1.807, 2.05) is 18.2 Å². The number of aromatic nitrogens is 3. The first-order valence-electron chi connectivity index (χ1n) is 6.95. The number of piperidine rings is 1. The second kappa shape index (κ2) is 5.48. The maximum absolute atomic E-state index is 11.8. The molecule has 3 rings (SSSR count). The molecule has 0 spiro atoms. The normalized spacial score (nSPS) is 19.7. The van der Waals surface area contributed by atoms with E-state index in [1.54, 1.807) is 6.20 Å². The monoisotopic (exact) mass is 306 g/mol. The van der Waals surface area contributed by atoms with Crippen molar-refractivity contribution in [2.45, 2.75) is 23.7 Å². The molecule has 2 aromatic rings. The lowest BCUT2D eigenvalue weighted by molar-refractivity contribution is 0.491. The van der Waals surface area contributed by atoms with Crippen LogP contribution in [0.2, 0.25) is 0 Å². The Morgan fingerprint density at radius 1 is 1.38 bits per heavy atom. The Hall–Kier alpha value is -1.89. The Morgan fingerprint density at radius 2 is 2.24 bits per heavy atom. The average Bonchev–Trinajstić information content (AvgIpc) is 2.98. The lowest BCUT2D eigenvalue weighted by atomic mass is 9.95. The predicted octanol–water partition coefficient (Wildman–Crippen LogP) is 1.59. The SMILES string of the molecule is CS(=O)(=O)c1cn[nH]c1C1CCCN(c2ccccn2)C1. The summed E-state index contributed by atoms with van der Waals surface area (Å²) in [6, 6.07) is 5.83. The molecule has 1 saturated heterocycles. The third-order valence-corrected chi connectivity index (χ3v) is 4.96. The van der Waals surface area contributed by atoms with Gasteiger partial charge in [-0.1, -0.05) is 6.07 Å². The summed E-state index contributed by atoms with van der Waals surface area (Å²) < 4.78 is 23.6. The molecular weight excluding hydrogens is 288 g/mol. The number of nitrogens with one attached hydrogen (secondary N) is 1. The van der Waals surface area contributed by atoms with E-state index in [0.717, 1.165) is 37.4 Å². The Balaban J connectivity index is 1.86. The van der Waals surface area contributed by atoms with Gasteiger partial charge in [0.05, 0.1) is 11.9 Å². The number of sulfone groups is 1. The number of nitrogens with zero attached hydrogens (tertiary/aromatic N) is 3. The first-order chi connectivity index (χ1) is 10.1. The largest absolute Gasteiger partial charge is 0.356 e. The van der Waals surface area contributed by atoms with Gasteiger partial charge in [0.15, 0.2) is 9.84 Å². The van der Waals surface area contributed by atoms with Gasteiger partial charge in [-0.25, -0.2) is 13.4 Å². The molecule has 1 aliphatic rings. The summed E-state index contributed by atoms with van der Waals surface area (Å²) in [6.45, 7) is 1.69. The molecule has 7 heteroatoms. The molecule has 0 aromatic carbocycles. The molecule has 2 aromatic heterocycles. The molecule has 0 aliphatic carbocycles. The first kappa shape index (κ1) is 14.1. The van der Waals surface area contributed by atoms with Gasteiger partial charge in [-0.2, -0.15) is 5.10 Å². The standard InChI is InChI=1S/C14H18N4O2S/c1-21(19,20)12-9-16-17-14(12)11-5-4-8-18(10-11)13-6-2-3-7-15-13/h2-3,6-7,9,11H,4-5,8,10H2,1H3,(H,16,17). The van der Waals surface area contributed by atoms with Gasteiger partial charge in [0.2, 0.25) is 0 Å². The number of H-pyrrole nitrogens is 1. The van der Waals surface area contributed by atoms with Crippen molar-refractivity contribution in [3.63, 3.8) is 0 Å². The Bertz CT molecular complexity index is 712. The fraction of sp³-hybridized carbons (Fsp3) is 0.429. The Kier molecular flexibility index (Phi) is 3.67. The van der Waals surface area contributed by atoms with Gasteiger partial charge in [0.1, 0.15) is 10.7 Å². The van der Waals surface area contributed by atoms with Crippen LogP contribution in [0.25, 0.3) is 0 Å². The second-order valence-corrected chi connectivity index (χ2v) is 7.38. The van der Waals surface area contributed by atoms with Crippen molar-refractivity contribution in [2.24, 2.45) is 0 Å². The van der Waals surface area contributed by atoms with Crippen LogP contribution in [0.1, 0.15) is 24.5 Å². The van der Waals surface area contributed by atoms with Crippen LogP contribution >= 0.6 is 0 Å². The van der Waals surface area contributed by atoms with E-state index >= 15 is 0 Å². The summed E-state index contributed by atoms with van der Waals surface area (Å²) in [4.78, 5) is 6.88.